The second-order valence-corrected chi connectivity index (χ2v) is 6.51. The number of halogens is 5. The molecule has 1 aliphatic carbocycles. The van der Waals surface area contributed by atoms with Gasteiger partial charge in [-0.1, -0.05) is 19.3 Å². The average Bonchev–Trinajstić information content (AvgIpc) is 2.58. The van der Waals surface area contributed by atoms with Crippen LogP contribution in [0.1, 0.15) is 43.7 Å². The highest BCUT2D eigenvalue weighted by molar-refractivity contribution is 5.85. The van der Waals surface area contributed by atoms with Crippen LogP contribution in [0, 0.1) is 29.2 Å². The minimum absolute atomic E-state index is 0. The van der Waals surface area contributed by atoms with Gasteiger partial charge in [0, 0.05) is 43.9 Å². The third-order valence-corrected chi connectivity index (χ3v) is 5.08. The van der Waals surface area contributed by atoms with Crippen LogP contribution in [0.5, 0.6) is 0 Å². The Kier molecular flexibility index (Phi) is 6.89. The molecule has 2 nitrogen and oxygen atoms in total. The van der Waals surface area contributed by atoms with E-state index < -0.39 is 34.9 Å². The zero-order chi connectivity index (χ0) is 16.4. The summed E-state index contributed by atoms with van der Waals surface area (Å²) in [6, 6.07) is -0.299. The first-order valence-electron chi connectivity index (χ1n) is 8.37. The molecular weight excluding hydrogens is 344 g/mol. The maximum atomic E-state index is 14.4. The van der Waals surface area contributed by atoms with Crippen molar-refractivity contribution in [2.75, 3.05) is 26.2 Å². The molecule has 1 aliphatic heterocycles. The molecule has 1 heterocycles. The molecule has 3 rings (SSSR count). The molecule has 0 unspecified atom stereocenters. The lowest BCUT2D eigenvalue weighted by molar-refractivity contribution is 0.0962. The molecule has 24 heavy (non-hydrogen) atoms. The quantitative estimate of drug-likeness (QED) is 0.637. The van der Waals surface area contributed by atoms with E-state index in [0.717, 1.165) is 32.1 Å². The molecule has 0 spiro atoms. The van der Waals surface area contributed by atoms with Gasteiger partial charge in [-0.25, -0.2) is 17.6 Å². The Labute approximate surface area is 146 Å². The smallest absolute Gasteiger partial charge is 0.166 e. The van der Waals surface area contributed by atoms with E-state index in [2.05, 4.69) is 5.32 Å². The van der Waals surface area contributed by atoms with Crippen molar-refractivity contribution in [3.63, 3.8) is 0 Å². The van der Waals surface area contributed by atoms with E-state index in [-0.39, 0.29) is 18.3 Å². The van der Waals surface area contributed by atoms with Gasteiger partial charge in [0.05, 0.1) is 0 Å². The normalized spacial score (nSPS) is 21.3. The summed E-state index contributed by atoms with van der Waals surface area (Å²) in [7, 11) is 0. The van der Waals surface area contributed by atoms with Gasteiger partial charge in [0.2, 0.25) is 0 Å². The predicted octanol–water partition coefficient (Wildman–Crippen LogP) is 4.19. The highest BCUT2D eigenvalue weighted by Crippen LogP contribution is 2.41. The lowest BCUT2D eigenvalue weighted by atomic mass is 9.79. The van der Waals surface area contributed by atoms with Crippen LogP contribution < -0.4 is 5.32 Å². The van der Waals surface area contributed by atoms with Gasteiger partial charge in [-0.3, -0.25) is 4.90 Å². The van der Waals surface area contributed by atoms with Crippen molar-refractivity contribution >= 4 is 12.4 Å². The largest absolute Gasteiger partial charge is 0.314 e. The van der Waals surface area contributed by atoms with Crippen LogP contribution in [0.15, 0.2) is 6.07 Å². The third-order valence-electron chi connectivity index (χ3n) is 5.08. The minimum atomic E-state index is -1.31. The molecule has 0 bridgehead atoms. The fourth-order valence-corrected chi connectivity index (χ4v) is 3.98. The van der Waals surface area contributed by atoms with Crippen molar-refractivity contribution in [3.05, 3.63) is 34.9 Å². The van der Waals surface area contributed by atoms with E-state index >= 15 is 0 Å². The SMILES string of the molecule is Cl.Fc1cc(F)c(F)c([C@H](C2CCCCC2)N2CCNCC2)c1F. The summed E-state index contributed by atoms with van der Waals surface area (Å²) in [6.07, 6.45) is 4.77. The van der Waals surface area contributed by atoms with Crippen LogP contribution in [0.3, 0.4) is 0 Å². The molecule has 2 fully saturated rings. The van der Waals surface area contributed by atoms with Crippen LogP contribution in [-0.4, -0.2) is 31.1 Å². The van der Waals surface area contributed by atoms with Gasteiger partial charge in [0.25, 0.3) is 0 Å². The highest BCUT2D eigenvalue weighted by Gasteiger charge is 2.36. The van der Waals surface area contributed by atoms with Crippen LogP contribution in [-0.2, 0) is 0 Å². The number of hydrogen-bond acceptors (Lipinski definition) is 2. The molecule has 1 saturated carbocycles. The Balaban J connectivity index is 0.00000208. The van der Waals surface area contributed by atoms with E-state index in [1.54, 1.807) is 0 Å². The second-order valence-electron chi connectivity index (χ2n) is 6.51. The van der Waals surface area contributed by atoms with E-state index in [1.807, 2.05) is 4.90 Å². The van der Waals surface area contributed by atoms with Gasteiger partial charge >= 0.3 is 0 Å². The van der Waals surface area contributed by atoms with Crippen molar-refractivity contribution < 1.29 is 17.6 Å². The van der Waals surface area contributed by atoms with Crippen molar-refractivity contribution in [1.29, 1.82) is 0 Å². The Morgan fingerprint density at radius 1 is 0.917 bits per heavy atom. The Morgan fingerprint density at radius 3 is 2.00 bits per heavy atom. The fourth-order valence-electron chi connectivity index (χ4n) is 3.98. The monoisotopic (exact) mass is 366 g/mol. The first-order chi connectivity index (χ1) is 11.1. The summed E-state index contributed by atoms with van der Waals surface area (Å²) in [5, 5.41) is 3.20. The summed E-state index contributed by atoms with van der Waals surface area (Å²) in [5.74, 6) is -5.06. The molecule has 0 amide bonds. The molecule has 1 aromatic carbocycles. The maximum absolute atomic E-state index is 14.4. The average molecular weight is 367 g/mol. The standard InChI is InChI=1S/C17H22F4N2.ClH/c18-12-10-13(19)16(21)14(15(12)20)17(11-4-2-1-3-5-11)23-8-6-22-7-9-23;/h10-11,17,22H,1-9H2;1H/t17-;/m0./s1. The van der Waals surface area contributed by atoms with Gasteiger partial charge in [0.15, 0.2) is 23.3 Å². The van der Waals surface area contributed by atoms with Crippen molar-refractivity contribution in [1.82, 2.24) is 10.2 Å². The van der Waals surface area contributed by atoms with Gasteiger partial charge in [0.1, 0.15) is 0 Å². The Bertz CT molecular complexity index is 514. The van der Waals surface area contributed by atoms with E-state index in [1.165, 1.54) is 0 Å². The summed E-state index contributed by atoms with van der Waals surface area (Å²) in [5.41, 5.74) is -0.420. The molecule has 2 aliphatic rings. The molecule has 1 saturated heterocycles. The Morgan fingerprint density at radius 2 is 1.46 bits per heavy atom. The van der Waals surface area contributed by atoms with Gasteiger partial charge < -0.3 is 5.32 Å². The van der Waals surface area contributed by atoms with Gasteiger partial charge in [-0.2, -0.15) is 0 Å². The number of nitrogens with one attached hydrogen (secondary N) is 1. The van der Waals surface area contributed by atoms with E-state index in [0.29, 0.717) is 32.2 Å². The zero-order valence-electron chi connectivity index (χ0n) is 13.5. The minimum Gasteiger partial charge on any atom is -0.314 e. The topological polar surface area (TPSA) is 15.3 Å². The lowest BCUT2D eigenvalue weighted by Crippen LogP contribution is -2.47. The van der Waals surface area contributed by atoms with E-state index in [4.69, 9.17) is 0 Å². The molecule has 0 aromatic heterocycles. The summed E-state index contributed by atoms with van der Waals surface area (Å²) in [4.78, 5) is 1.98. The van der Waals surface area contributed by atoms with Crippen LogP contribution in [0.2, 0.25) is 0 Å². The summed E-state index contributed by atoms with van der Waals surface area (Å²) < 4.78 is 56.2. The first kappa shape index (κ1) is 19.5. The maximum Gasteiger partial charge on any atom is 0.166 e. The highest BCUT2D eigenvalue weighted by atomic mass is 35.5. The number of benzene rings is 1. The Hall–Kier alpha value is -0.850. The fraction of sp³-hybridized carbons (Fsp3) is 0.647. The molecular formula is C17H23ClF4N2. The summed E-state index contributed by atoms with van der Waals surface area (Å²) >= 11 is 0. The van der Waals surface area contributed by atoms with Gasteiger partial charge in [-0.15, -0.1) is 12.4 Å². The zero-order valence-corrected chi connectivity index (χ0v) is 14.3. The molecule has 1 aromatic rings. The molecule has 1 N–H and O–H groups in total. The molecule has 136 valence electrons. The molecule has 0 radical (unpaired) electrons. The number of hydrogen-bond donors (Lipinski definition) is 1. The lowest BCUT2D eigenvalue weighted by Gasteiger charge is -2.41. The number of rotatable bonds is 3. The van der Waals surface area contributed by atoms with Crippen LogP contribution >= 0.6 is 12.4 Å². The van der Waals surface area contributed by atoms with E-state index in [9.17, 15) is 17.6 Å². The van der Waals surface area contributed by atoms with Crippen LogP contribution in [0.25, 0.3) is 0 Å². The van der Waals surface area contributed by atoms with Crippen molar-refractivity contribution in [2.24, 2.45) is 5.92 Å². The number of piperazine rings is 1. The number of nitrogens with zero attached hydrogens (tertiary/aromatic N) is 1. The molecule has 7 heteroatoms. The van der Waals surface area contributed by atoms with Crippen molar-refractivity contribution in [3.8, 4) is 0 Å². The van der Waals surface area contributed by atoms with Crippen LogP contribution in [0.4, 0.5) is 17.6 Å². The third kappa shape index (κ3) is 3.86. The second kappa shape index (κ2) is 8.50. The molecule has 1 atom stereocenters. The first-order valence-corrected chi connectivity index (χ1v) is 8.37. The summed E-state index contributed by atoms with van der Waals surface area (Å²) in [6.45, 7) is 2.67. The van der Waals surface area contributed by atoms with Crippen molar-refractivity contribution in [2.45, 2.75) is 38.1 Å². The predicted molar refractivity (Wildman–Crippen MR) is 87.3 cm³/mol. The van der Waals surface area contributed by atoms with Gasteiger partial charge in [-0.05, 0) is 18.8 Å².